The van der Waals surface area contributed by atoms with Gasteiger partial charge in [-0.2, -0.15) is 0 Å². The summed E-state index contributed by atoms with van der Waals surface area (Å²) in [4.78, 5) is 28.3. The lowest BCUT2D eigenvalue weighted by Gasteiger charge is -2.35. The Bertz CT molecular complexity index is 1400. The van der Waals surface area contributed by atoms with Crippen molar-refractivity contribution < 1.29 is 19.8 Å². The minimum Gasteiger partial charge on any atom is -0.465 e. The maximum atomic E-state index is 12.7. The Kier molecular flexibility index (Phi) is 12.0. The van der Waals surface area contributed by atoms with Crippen molar-refractivity contribution in [2.75, 3.05) is 0 Å². The number of rotatable bonds is 14. The molecule has 0 aliphatic heterocycles. The van der Waals surface area contributed by atoms with Gasteiger partial charge in [0.2, 0.25) is 0 Å². The first-order chi connectivity index (χ1) is 21.7. The van der Waals surface area contributed by atoms with Gasteiger partial charge in [0.25, 0.3) is 0 Å². The molecule has 0 saturated carbocycles. The minimum atomic E-state index is -0.981. The van der Waals surface area contributed by atoms with E-state index >= 15 is 0 Å². The first-order valence-electron chi connectivity index (χ1n) is 16.2. The van der Waals surface area contributed by atoms with Gasteiger partial charge in [0.05, 0.1) is 0 Å². The van der Waals surface area contributed by atoms with Gasteiger partial charge in [-0.05, 0) is 78.8 Å². The molecule has 0 bridgehead atoms. The summed E-state index contributed by atoms with van der Waals surface area (Å²) in [7, 11) is 0. The second-order valence-corrected chi connectivity index (χ2v) is 12.6. The zero-order valence-electron chi connectivity index (χ0n) is 27.0. The Balaban J connectivity index is 1.88. The monoisotopic (exact) mass is 608 g/mol. The lowest BCUT2D eigenvalue weighted by atomic mass is 9.71. The van der Waals surface area contributed by atoms with Gasteiger partial charge in [-0.1, -0.05) is 116 Å². The number of benzene rings is 3. The van der Waals surface area contributed by atoms with Gasteiger partial charge < -0.3 is 10.2 Å². The van der Waals surface area contributed by atoms with Crippen LogP contribution in [0.1, 0.15) is 92.2 Å². The molecule has 3 aromatic carbocycles. The summed E-state index contributed by atoms with van der Waals surface area (Å²) in [5.41, 5.74) is 8.29. The summed E-state index contributed by atoms with van der Waals surface area (Å²) < 4.78 is 0. The van der Waals surface area contributed by atoms with E-state index in [2.05, 4.69) is 45.6 Å². The first-order valence-corrected chi connectivity index (χ1v) is 16.2. The molecule has 4 rings (SSSR count). The van der Waals surface area contributed by atoms with Crippen molar-refractivity contribution in [2.24, 2.45) is 5.92 Å². The highest BCUT2D eigenvalue weighted by Crippen LogP contribution is 2.43. The highest BCUT2D eigenvalue weighted by atomic mass is 16.4. The second kappa shape index (κ2) is 16.1. The quantitative estimate of drug-likeness (QED) is 0.141. The molecule has 45 heavy (non-hydrogen) atoms. The van der Waals surface area contributed by atoms with Crippen molar-refractivity contribution in [2.45, 2.75) is 91.4 Å². The number of hydrogen-bond acceptors (Lipinski definition) is 2. The predicted molar refractivity (Wildman–Crippen MR) is 181 cm³/mol. The molecule has 0 saturated heterocycles. The molecule has 0 radical (unpaired) electrons. The van der Waals surface area contributed by atoms with Crippen molar-refractivity contribution in [3.05, 3.63) is 130 Å². The van der Waals surface area contributed by atoms with Crippen LogP contribution in [-0.2, 0) is 32.6 Å². The SMILES string of the molecule is C=C(C)C1CCC(C)=CC1c1c(CN(Cc2ccccc2)C(=O)O)cc(CCCCC)cc1CN(Cc1ccccc1)C(=O)O. The molecule has 6 nitrogen and oxygen atoms in total. The zero-order valence-corrected chi connectivity index (χ0v) is 27.0. The summed E-state index contributed by atoms with van der Waals surface area (Å²) >= 11 is 0. The largest absolute Gasteiger partial charge is 0.465 e. The lowest BCUT2D eigenvalue weighted by Crippen LogP contribution is -2.32. The second-order valence-electron chi connectivity index (χ2n) is 12.6. The third kappa shape index (κ3) is 9.34. The Hall–Kier alpha value is -4.32. The minimum absolute atomic E-state index is 0.0225. The maximum absolute atomic E-state index is 12.7. The molecule has 2 N–H and O–H groups in total. The molecule has 3 aromatic rings. The molecule has 0 aromatic heterocycles. The summed E-state index contributed by atoms with van der Waals surface area (Å²) in [5, 5.41) is 20.8. The molecule has 1 aliphatic rings. The number of unbranched alkanes of at least 4 members (excludes halogenated alkanes) is 2. The fourth-order valence-corrected chi connectivity index (χ4v) is 6.57. The van der Waals surface area contributed by atoms with Crippen LogP contribution >= 0.6 is 0 Å². The van der Waals surface area contributed by atoms with Gasteiger partial charge in [0, 0.05) is 32.1 Å². The number of amides is 2. The van der Waals surface area contributed by atoms with Crippen molar-refractivity contribution >= 4 is 12.2 Å². The van der Waals surface area contributed by atoms with Crippen LogP contribution in [0.2, 0.25) is 0 Å². The van der Waals surface area contributed by atoms with Crippen molar-refractivity contribution in [3.8, 4) is 0 Å². The van der Waals surface area contributed by atoms with Gasteiger partial charge in [0.15, 0.2) is 0 Å². The van der Waals surface area contributed by atoms with Crippen LogP contribution in [0, 0.1) is 5.92 Å². The van der Waals surface area contributed by atoms with Crippen LogP contribution in [-0.4, -0.2) is 32.2 Å². The van der Waals surface area contributed by atoms with Crippen LogP contribution in [0.25, 0.3) is 0 Å². The number of aryl methyl sites for hydroxylation is 1. The van der Waals surface area contributed by atoms with Gasteiger partial charge in [-0.15, -0.1) is 0 Å². The average molecular weight is 609 g/mol. The lowest BCUT2D eigenvalue weighted by molar-refractivity contribution is 0.139. The molecule has 0 heterocycles. The normalized spacial score (nSPS) is 16.1. The Morgan fingerprint density at radius 1 is 0.800 bits per heavy atom. The smallest absolute Gasteiger partial charge is 0.407 e. The maximum Gasteiger partial charge on any atom is 0.407 e. The van der Waals surface area contributed by atoms with Crippen molar-refractivity contribution in [1.29, 1.82) is 0 Å². The molecule has 2 amide bonds. The first kappa shape index (κ1) is 33.6. The van der Waals surface area contributed by atoms with E-state index in [-0.39, 0.29) is 38.0 Å². The third-order valence-electron chi connectivity index (χ3n) is 8.89. The molecule has 0 spiro atoms. The summed E-state index contributed by atoms with van der Waals surface area (Å²) in [6.45, 7) is 11.7. The Labute approximate surface area is 268 Å². The van der Waals surface area contributed by atoms with Crippen molar-refractivity contribution in [1.82, 2.24) is 9.80 Å². The van der Waals surface area contributed by atoms with E-state index in [1.807, 2.05) is 60.7 Å². The molecule has 0 fully saturated rings. The average Bonchev–Trinajstić information content (AvgIpc) is 3.01. The van der Waals surface area contributed by atoms with Crippen molar-refractivity contribution in [3.63, 3.8) is 0 Å². The molecule has 1 aliphatic carbocycles. The highest BCUT2D eigenvalue weighted by Gasteiger charge is 2.31. The van der Waals surface area contributed by atoms with E-state index in [9.17, 15) is 19.8 Å². The van der Waals surface area contributed by atoms with Gasteiger partial charge >= 0.3 is 12.2 Å². The van der Waals surface area contributed by atoms with E-state index in [4.69, 9.17) is 0 Å². The molecule has 6 heteroatoms. The van der Waals surface area contributed by atoms with Crippen LogP contribution in [0.4, 0.5) is 9.59 Å². The van der Waals surface area contributed by atoms with Gasteiger partial charge in [-0.25, -0.2) is 9.59 Å². The standard InChI is InChI=1S/C39H48N2O4/c1-5-6-9-18-32-22-33(26-40(38(42)43)24-30-14-10-7-11-15-30)37(36-21-29(4)19-20-35(36)28(2)3)34(23-32)27-41(39(44)45)25-31-16-12-8-13-17-31/h7-8,10-17,21-23,35-36H,2,5-6,9,18-20,24-27H2,1,3-4H3,(H,42,43)(H,44,45). The van der Waals surface area contributed by atoms with E-state index in [0.29, 0.717) is 0 Å². The summed E-state index contributed by atoms with van der Waals surface area (Å²) in [6.07, 6.45) is 6.36. The molecule has 2 unspecified atom stereocenters. The Morgan fingerprint density at radius 3 is 1.76 bits per heavy atom. The number of carboxylic acid groups (broad SMARTS) is 2. The third-order valence-corrected chi connectivity index (χ3v) is 8.89. The molecule has 238 valence electrons. The number of nitrogens with zero attached hydrogens (tertiary/aromatic N) is 2. The van der Waals surface area contributed by atoms with Gasteiger partial charge in [-0.3, -0.25) is 9.80 Å². The fourth-order valence-electron chi connectivity index (χ4n) is 6.57. The zero-order chi connectivity index (χ0) is 32.3. The molecular weight excluding hydrogens is 560 g/mol. The van der Waals surface area contributed by atoms with Gasteiger partial charge in [0.1, 0.15) is 0 Å². The predicted octanol–water partition coefficient (Wildman–Crippen LogP) is 9.80. The van der Waals surface area contributed by atoms with Crippen LogP contribution in [0.3, 0.4) is 0 Å². The van der Waals surface area contributed by atoms with E-state index in [1.165, 1.54) is 15.4 Å². The Morgan fingerprint density at radius 2 is 1.31 bits per heavy atom. The van der Waals surface area contributed by atoms with Crippen LogP contribution in [0.5, 0.6) is 0 Å². The van der Waals surface area contributed by atoms with Crippen LogP contribution in [0.15, 0.2) is 96.6 Å². The molecular formula is C39H48N2O4. The van der Waals surface area contributed by atoms with Crippen LogP contribution < -0.4 is 0 Å². The summed E-state index contributed by atoms with van der Waals surface area (Å²) in [5.74, 6) is 0.155. The number of allylic oxidation sites excluding steroid dienone is 3. The number of hydrogen-bond donors (Lipinski definition) is 2. The number of carbonyl (C=O) groups is 2. The van der Waals surface area contributed by atoms with E-state index in [0.717, 1.165) is 77.5 Å². The van der Waals surface area contributed by atoms with E-state index in [1.54, 1.807) is 0 Å². The molecule has 2 atom stereocenters. The topological polar surface area (TPSA) is 81.1 Å². The van der Waals surface area contributed by atoms with E-state index < -0.39 is 12.2 Å². The highest BCUT2D eigenvalue weighted by molar-refractivity contribution is 5.66. The fraction of sp³-hybridized carbons (Fsp3) is 0.385. The summed E-state index contributed by atoms with van der Waals surface area (Å²) in [6, 6.07) is 23.7.